The van der Waals surface area contributed by atoms with Crippen molar-refractivity contribution in [1.82, 2.24) is 24.8 Å². The van der Waals surface area contributed by atoms with Gasteiger partial charge in [0.15, 0.2) is 17.3 Å². The molecular weight excluding hydrogens is 411 g/mol. The van der Waals surface area contributed by atoms with Gasteiger partial charge in [0.2, 0.25) is 12.7 Å². The fraction of sp³-hybridized carbons (Fsp3) is 0.348. The fourth-order valence-electron chi connectivity index (χ4n) is 3.90. The van der Waals surface area contributed by atoms with Gasteiger partial charge in [-0.3, -0.25) is 4.90 Å². The Balaban J connectivity index is 1.26. The monoisotopic (exact) mass is 436 g/mol. The van der Waals surface area contributed by atoms with Crippen molar-refractivity contribution < 1.29 is 13.9 Å². The Hall–Kier alpha value is -3.30. The molecule has 3 aromatic rings. The number of nitrogens with one attached hydrogen (secondary N) is 1. The molecule has 4 heterocycles. The zero-order chi connectivity index (χ0) is 21.9. The highest BCUT2D eigenvalue weighted by atomic mass is 19.1. The highest BCUT2D eigenvalue weighted by Gasteiger charge is 2.18. The largest absolute Gasteiger partial charge is 0.454 e. The summed E-state index contributed by atoms with van der Waals surface area (Å²) in [5, 5.41) is 3.06. The average Bonchev–Trinajstić information content (AvgIpc) is 3.30. The van der Waals surface area contributed by atoms with E-state index in [4.69, 9.17) is 9.47 Å². The predicted octanol–water partition coefficient (Wildman–Crippen LogP) is 3.29. The number of likely N-dealkylation sites (N-methyl/N-ethyl adjacent to an activating group) is 1. The third kappa shape index (κ3) is 4.49. The van der Waals surface area contributed by atoms with Gasteiger partial charge in [-0.15, -0.1) is 0 Å². The Bertz CT molecular complexity index is 1090. The minimum atomic E-state index is -0.513. The summed E-state index contributed by atoms with van der Waals surface area (Å²) in [4.78, 5) is 17.8. The van der Waals surface area contributed by atoms with E-state index in [1.807, 2.05) is 18.3 Å². The molecule has 166 valence electrons. The normalized spacial score (nSPS) is 16.3. The van der Waals surface area contributed by atoms with Crippen molar-refractivity contribution in [2.75, 3.05) is 44.8 Å². The standard InChI is InChI=1S/C23H25FN6O2/c1-2-29-7-9-30(10-8-29)14-16-3-6-21(25-12-16)27-23-26-13-18(24)22(28-23)17-4-5-19-20(11-17)32-15-31-19/h3-6,11-13H,2,7-10,14-15H2,1H3,(H,25,26,27,28). The molecule has 0 radical (unpaired) electrons. The number of benzene rings is 1. The summed E-state index contributed by atoms with van der Waals surface area (Å²) < 4.78 is 25.1. The van der Waals surface area contributed by atoms with Crippen LogP contribution in [0, 0.1) is 5.82 Å². The highest BCUT2D eigenvalue weighted by Crippen LogP contribution is 2.36. The molecule has 0 amide bonds. The molecule has 0 saturated carbocycles. The second-order valence-electron chi connectivity index (χ2n) is 7.85. The Labute approximate surface area is 186 Å². The van der Waals surface area contributed by atoms with Crippen molar-refractivity contribution in [3.05, 3.63) is 54.1 Å². The maximum atomic E-state index is 14.4. The molecule has 8 nitrogen and oxygen atoms in total. The van der Waals surface area contributed by atoms with Crippen LogP contribution in [-0.4, -0.2) is 64.3 Å². The Morgan fingerprint density at radius 1 is 0.969 bits per heavy atom. The van der Waals surface area contributed by atoms with E-state index in [1.165, 1.54) is 0 Å². The average molecular weight is 436 g/mol. The van der Waals surface area contributed by atoms with Gasteiger partial charge in [-0.25, -0.2) is 19.3 Å². The number of anilines is 2. The topological polar surface area (TPSA) is 75.6 Å². The van der Waals surface area contributed by atoms with Crippen LogP contribution in [0.5, 0.6) is 11.5 Å². The molecule has 2 aliphatic heterocycles. The first-order valence-corrected chi connectivity index (χ1v) is 10.8. The van der Waals surface area contributed by atoms with Crippen molar-refractivity contribution in [3.63, 3.8) is 0 Å². The van der Waals surface area contributed by atoms with Crippen molar-refractivity contribution in [2.45, 2.75) is 13.5 Å². The number of rotatable bonds is 6. The van der Waals surface area contributed by atoms with Crippen LogP contribution in [0.2, 0.25) is 0 Å². The van der Waals surface area contributed by atoms with Crippen LogP contribution in [0.4, 0.5) is 16.2 Å². The molecule has 2 aliphatic rings. The van der Waals surface area contributed by atoms with Crippen molar-refractivity contribution in [1.29, 1.82) is 0 Å². The number of piperazine rings is 1. The minimum absolute atomic E-state index is 0.161. The number of aromatic nitrogens is 3. The van der Waals surface area contributed by atoms with Gasteiger partial charge in [0.1, 0.15) is 11.5 Å². The van der Waals surface area contributed by atoms with Gasteiger partial charge in [0, 0.05) is 44.5 Å². The number of ether oxygens (including phenoxy) is 2. The molecule has 1 fully saturated rings. The Kier molecular flexibility index (Phi) is 5.83. The summed E-state index contributed by atoms with van der Waals surface area (Å²) in [7, 11) is 0. The van der Waals surface area contributed by atoms with Gasteiger partial charge < -0.3 is 19.7 Å². The van der Waals surface area contributed by atoms with Crippen LogP contribution in [0.25, 0.3) is 11.3 Å². The van der Waals surface area contributed by atoms with Gasteiger partial charge in [0.25, 0.3) is 0 Å². The third-order valence-electron chi connectivity index (χ3n) is 5.77. The van der Waals surface area contributed by atoms with Gasteiger partial charge in [-0.2, -0.15) is 0 Å². The van der Waals surface area contributed by atoms with Gasteiger partial charge in [-0.05, 0) is 36.4 Å². The fourth-order valence-corrected chi connectivity index (χ4v) is 3.90. The summed E-state index contributed by atoms with van der Waals surface area (Å²) in [5.41, 5.74) is 1.92. The molecule has 1 saturated heterocycles. The zero-order valence-electron chi connectivity index (χ0n) is 17.9. The maximum absolute atomic E-state index is 14.4. The molecule has 32 heavy (non-hydrogen) atoms. The lowest BCUT2D eigenvalue weighted by atomic mass is 10.1. The van der Waals surface area contributed by atoms with E-state index in [0.717, 1.165) is 51.0 Å². The second-order valence-corrected chi connectivity index (χ2v) is 7.85. The van der Waals surface area contributed by atoms with E-state index in [1.54, 1.807) is 18.2 Å². The summed E-state index contributed by atoms with van der Waals surface area (Å²) in [6, 6.07) is 9.14. The summed E-state index contributed by atoms with van der Waals surface area (Å²) in [6.45, 7) is 8.71. The third-order valence-corrected chi connectivity index (χ3v) is 5.77. The van der Waals surface area contributed by atoms with Crippen LogP contribution in [0.3, 0.4) is 0 Å². The lowest BCUT2D eigenvalue weighted by molar-refractivity contribution is 0.132. The van der Waals surface area contributed by atoms with Crippen LogP contribution in [0.1, 0.15) is 12.5 Å². The lowest BCUT2D eigenvalue weighted by Crippen LogP contribution is -2.45. The molecule has 1 aromatic carbocycles. The Morgan fingerprint density at radius 3 is 2.56 bits per heavy atom. The van der Waals surface area contributed by atoms with E-state index in [2.05, 4.69) is 37.0 Å². The first-order chi connectivity index (χ1) is 15.7. The second kappa shape index (κ2) is 9.05. The lowest BCUT2D eigenvalue weighted by Gasteiger charge is -2.33. The number of pyridine rings is 1. The number of nitrogens with zero attached hydrogens (tertiary/aromatic N) is 5. The van der Waals surface area contributed by atoms with Crippen molar-refractivity contribution in [3.8, 4) is 22.8 Å². The molecule has 0 bridgehead atoms. The van der Waals surface area contributed by atoms with Gasteiger partial charge in [0.05, 0.1) is 6.20 Å². The van der Waals surface area contributed by atoms with E-state index >= 15 is 0 Å². The molecule has 1 N–H and O–H groups in total. The summed E-state index contributed by atoms with van der Waals surface area (Å²) >= 11 is 0. The number of hydrogen-bond donors (Lipinski definition) is 1. The number of fused-ring (bicyclic) bond motifs is 1. The first kappa shape index (κ1) is 20.6. The van der Waals surface area contributed by atoms with Crippen LogP contribution in [0.15, 0.2) is 42.7 Å². The molecule has 5 rings (SSSR count). The van der Waals surface area contributed by atoms with E-state index in [9.17, 15) is 4.39 Å². The van der Waals surface area contributed by atoms with E-state index in [0.29, 0.717) is 22.9 Å². The molecule has 2 aromatic heterocycles. The van der Waals surface area contributed by atoms with Crippen LogP contribution >= 0.6 is 0 Å². The number of halogens is 1. The van der Waals surface area contributed by atoms with Crippen molar-refractivity contribution >= 4 is 11.8 Å². The molecule has 0 unspecified atom stereocenters. The van der Waals surface area contributed by atoms with E-state index in [-0.39, 0.29) is 18.4 Å². The quantitative estimate of drug-likeness (QED) is 0.631. The maximum Gasteiger partial charge on any atom is 0.231 e. The first-order valence-electron chi connectivity index (χ1n) is 10.8. The number of hydrogen-bond acceptors (Lipinski definition) is 8. The highest BCUT2D eigenvalue weighted by molar-refractivity contribution is 5.66. The minimum Gasteiger partial charge on any atom is -0.454 e. The van der Waals surface area contributed by atoms with Gasteiger partial charge in [-0.1, -0.05) is 13.0 Å². The van der Waals surface area contributed by atoms with Crippen molar-refractivity contribution in [2.24, 2.45) is 0 Å². The summed E-state index contributed by atoms with van der Waals surface area (Å²) in [5.74, 6) is 1.57. The zero-order valence-corrected chi connectivity index (χ0v) is 17.9. The van der Waals surface area contributed by atoms with Gasteiger partial charge >= 0.3 is 0 Å². The summed E-state index contributed by atoms with van der Waals surface area (Å²) in [6.07, 6.45) is 3.01. The molecule has 0 aliphatic carbocycles. The van der Waals surface area contributed by atoms with E-state index < -0.39 is 5.82 Å². The predicted molar refractivity (Wildman–Crippen MR) is 118 cm³/mol. The molecule has 0 spiro atoms. The smallest absolute Gasteiger partial charge is 0.231 e. The molecular formula is C23H25FN6O2. The molecule has 9 heteroatoms. The molecule has 0 atom stereocenters. The van der Waals surface area contributed by atoms with Crippen LogP contribution < -0.4 is 14.8 Å². The SMILES string of the molecule is CCN1CCN(Cc2ccc(Nc3ncc(F)c(-c4ccc5c(c4)OCO5)n3)nc2)CC1. The Morgan fingerprint density at radius 2 is 1.78 bits per heavy atom. The van der Waals surface area contributed by atoms with Crippen LogP contribution in [-0.2, 0) is 6.54 Å².